The lowest BCUT2D eigenvalue weighted by Gasteiger charge is -2.28. The number of nitrogens with zero attached hydrogens (tertiary/aromatic N) is 2. The summed E-state index contributed by atoms with van der Waals surface area (Å²) in [4.78, 5) is 6.66. The largest absolute Gasteiger partial charge is 0.381 e. The monoisotopic (exact) mass is 288 g/mol. The summed E-state index contributed by atoms with van der Waals surface area (Å²) in [6.07, 6.45) is 2.25. The number of hydrogen-bond donors (Lipinski definition) is 0. The minimum Gasteiger partial charge on any atom is -0.381 e. The summed E-state index contributed by atoms with van der Waals surface area (Å²) in [5, 5.41) is 0.633. The van der Waals surface area contributed by atoms with Gasteiger partial charge in [0.05, 0.1) is 16.6 Å². The van der Waals surface area contributed by atoms with Crippen molar-refractivity contribution in [2.45, 2.75) is 18.7 Å². The Bertz CT molecular complexity index is 395. The topological polar surface area (TPSA) is 25.4 Å². The summed E-state index contributed by atoms with van der Waals surface area (Å²) >= 11 is 11.8. The molecule has 1 aromatic heterocycles. The van der Waals surface area contributed by atoms with Crippen LogP contribution >= 0.6 is 23.2 Å². The third-order valence-corrected chi connectivity index (χ3v) is 3.89. The molecule has 0 N–H and O–H groups in total. The molecule has 3 nitrogen and oxygen atoms in total. The fourth-order valence-corrected chi connectivity index (χ4v) is 2.63. The summed E-state index contributed by atoms with van der Waals surface area (Å²) in [6, 6.07) is 3.81. The van der Waals surface area contributed by atoms with Crippen molar-refractivity contribution in [1.29, 1.82) is 0 Å². The smallest absolute Gasteiger partial charge is 0.128 e. The number of hydrogen-bond acceptors (Lipinski definition) is 3. The van der Waals surface area contributed by atoms with Crippen LogP contribution in [0.2, 0.25) is 5.02 Å². The SMILES string of the molecule is CN(CC1CCOCC1)c1ccc(Cl)c(CCl)n1. The van der Waals surface area contributed by atoms with Crippen LogP contribution in [0, 0.1) is 5.92 Å². The number of aromatic nitrogens is 1. The van der Waals surface area contributed by atoms with Crippen LogP contribution in [-0.4, -0.2) is 31.8 Å². The molecule has 2 heterocycles. The molecule has 1 aliphatic heterocycles. The maximum absolute atomic E-state index is 6.01. The lowest BCUT2D eigenvalue weighted by Crippen LogP contribution is -2.30. The number of anilines is 1. The van der Waals surface area contributed by atoms with Crippen molar-refractivity contribution in [2.75, 3.05) is 31.7 Å². The van der Waals surface area contributed by atoms with Crippen molar-refractivity contribution in [3.63, 3.8) is 0 Å². The first-order valence-corrected chi connectivity index (χ1v) is 7.12. The van der Waals surface area contributed by atoms with Crippen molar-refractivity contribution < 1.29 is 4.74 Å². The van der Waals surface area contributed by atoms with Crippen LogP contribution in [0.25, 0.3) is 0 Å². The third-order valence-electron chi connectivity index (χ3n) is 3.29. The van der Waals surface area contributed by atoms with Gasteiger partial charge in [-0.15, -0.1) is 11.6 Å². The molecule has 0 spiro atoms. The Morgan fingerprint density at radius 3 is 2.78 bits per heavy atom. The standard InChI is InChI=1S/C13H18Cl2N2O/c1-17(9-10-4-6-18-7-5-10)13-3-2-11(15)12(8-14)16-13/h2-3,10H,4-9H2,1H3. The van der Waals surface area contributed by atoms with Crippen LogP contribution in [0.15, 0.2) is 12.1 Å². The second-order valence-electron chi connectivity index (χ2n) is 4.67. The lowest BCUT2D eigenvalue weighted by molar-refractivity contribution is 0.0685. The van der Waals surface area contributed by atoms with Gasteiger partial charge in [-0.2, -0.15) is 0 Å². The molecule has 0 aromatic carbocycles. The molecule has 100 valence electrons. The molecule has 2 rings (SSSR count). The van der Waals surface area contributed by atoms with Gasteiger partial charge in [-0.25, -0.2) is 4.98 Å². The van der Waals surface area contributed by atoms with E-state index in [1.807, 2.05) is 12.1 Å². The molecular weight excluding hydrogens is 271 g/mol. The van der Waals surface area contributed by atoms with Gasteiger partial charge in [0.25, 0.3) is 0 Å². The molecule has 5 heteroatoms. The van der Waals surface area contributed by atoms with E-state index >= 15 is 0 Å². The second-order valence-corrected chi connectivity index (χ2v) is 5.34. The van der Waals surface area contributed by atoms with E-state index in [0.29, 0.717) is 16.8 Å². The highest BCUT2D eigenvalue weighted by molar-refractivity contribution is 6.32. The predicted octanol–water partition coefficient (Wildman–Crippen LogP) is 3.34. The molecule has 0 radical (unpaired) electrons. The highest BCUT2D eigenvalue weighted by Gasteiger charge is 2.17. The van der Waals surface area contributed by atoms with Gasteiger partial charge in [-0.3, -0.25) is 0 Å². The molecule has 0 amide bonds. The number of pyridine rings is 1. The molecule has 0 aliphatic carbocycles. The van der Waals surface area contributed by atoms with Gasteiger partial charge in [-0.05, 0) is 30.9 Å². The van der Waals surface area contributed by atoms with Gasteiger partial charge >= 0.3 is 0 Å². The maximum atomic E-state index is 6.01. The Kier molecular flexibility index (Phi) is 5.10. The van der Waals surface area contributed by atoms with Crippen molar-refractivity contribution in [2.24, 2.45) is 5.92 Å². The minimum absolute atomic E-state index is 0.345. The highest BCUT2D eigenvalue weighted by atomic mass is 35.5. The van der Waals surface area contributed by atoms with E-state index in [9.17, 15) is 0 Å². The van der Waals surface area contributed by atoms with Crippen LogP contribution in [0.4, 0.5) is 5.82 Å². The van der Waals surface area contributed by atoms with Crippen molar-refractivity contribution >= 4 is 29.0 Å². The van der Waals surface area contributed by atoms with Gasteiger partial charge in [0.15, 0.2) is 0 Å². The zero-order valence-electron chi connectivity index (χ0n) is 10.5. The number of rotatable bonds is 4. The molecule has 1 aliphatic rings. The average molecular weight is 289 g/mol. The quantitative estimate of drug-likeness (QED) is 0.795. The van der Waals surface area contributed by atoms with Crippen LogP contribution < -0.4 is 4.90 Å². The molecule has 0 atom stereocenters. The number of ether oxygens (including phenoxy) is 1. The Hall–Kier alpha value is -0.510. The van der Waals surface area contributed by atoms with Crippen molar-refractivity contribution in [3.05, 3.63) is 22.8 Å². The molecule has 1 saturated heterocycles. The highest BCUT2D eigenvalue weighted by Crippen LogP contribution is 2.22. The second kappa shape index (κ2) is 6.60. The normalized spacial score (nSPS) is 16.8. The van der Waals surface area contributed by atoms with E-state index < -0.39 is 0 Å². The fraction of sp³-hybridized carbons (Fsp3) is 0.615. The first kappa shape index (κ1) is 13.9. The van der Waals surface area contributed by atoms with E-state index in [4.69, 9.17) is 27.9 Å². The van der Waals surface area contributed by atoms with Crippen LogP contribution in [0.5, 0.6) is 0 Å². The van der Waals surface area contributed by atoms with Gasteiger partial charge in [-0.1, -0.05) is 11.6 Å². The zero-order chi connectivity index (χ0) is 13.0. The summed E-state index contributed by atoms with van der Waals surface area (Å²) in [5.41, 5.74) is 0.745. The van der Waals surface area contributed by atoms with Crippen molar-refractivity contribution in [1.82, 2.24) is 4.98 Å². The van der Waals surface area contributed by atoms with E-state index in [0.717, 1.165) is 44.1 Å². The summed E-state index contributed by atoms with van der Waals surface area (Å²) < 4.78 is 5.37. The number of halogens is 2. The fourth-order valence-electron chi connectivity index (χ4n) is 2.19. The summed E-state index contributed by atoms with van der Waals surface area (Å²) in [6.45, 7) is 2.75. The lowest BCUT2D eigenvalue weighted by atomic mass is 10.00. The molecule has 0 bridgehead atoms. The first-order chi connectivity index (χ1) is 8.70. The van der Waals surface area contributed by atoms with Crippen molar-refractivity contribution in [3.8, 4) is 0 Å². The van der Waals surface area contributed by atoms with Gasteiger partial charge in [0.1, 0.15) is 5.82 Å². The molecule has 18 heavy (non-hydrogen) atoms. The Morgan fingerprint density at radius 2 is 2.11 bits per heavy atom. The third kappa shape index (κ3) is 3.50. The minimum atomic E-state index is 0.345. The van der Waals surface area contributed by atoms with Gasteiger partial charge in [0, 0.05) is 26.8 Å². The molecular formula is C13H18Cl2N2O. The maximum Gasteiger partial charge on any atom is 0.128 e. The molecule has 1 fully saturated rings. The van der Waals surface area contributed by atoms with E-state index in [1.165, 1.54) is 0 Å². The molecule has 1 aromatic rings. The predicted molar refractivity (Wildman–Crippen MR) is 75.6 cm³/mol. The van der Waals surface area contributed by atoms with Gasteiger partial charge in [0.2, 0.25) is 0 Å². The van der Waals surface area contributed by atoms with E-state index in [1.54, 1.807) is 0 Å². The van der Waals surface area contributed by atoms with Crippen LogP contribution in [0.1, 0.15) is 18.5 Å². The summed E-state index contributed by atoms with van der Waals surface area (Å²) in [7, 11) is 2.06. The van der Waals surface area contributed by atoms with Crippen LogP contribution in [-0.2, 0) is 10.6 Å². The van der Waals surface area contributed by atoms with E-state index in [-0.39, 0.29) is 0 Å². The Balaban J connectivity index is 2.01. The van der Waals surface area contributed by atoms with Gasteiger partial charge < -0.3 is 9.64 Å². The molecule has 0 unspecified atom stereocenters. The summed E-state index contributed by atoms with van der Waals surface area (Å²) in [5.74, 6) is 1.96. The zero-order valence-corrected chi connectivity index (χ0v) is 12.0. The van der Waals surface area contributed by atoms with Crippen LogP contribution in [0.3, 0.4) is 0 Å². The first-order valence-electron chi connectivity index (χ1n) is 6.21. The molecule has 0 saturated carbocycles. The Labute approximate surface area is 118 Å². The van der Waals surface area contributed by atoms with E-state index in [2.05, 4.69) is 16.9 Å². The average Bonchev–Trinajstić information content (AvgIpc) is 2.40. The number of alkyl halides is 1. The Morgan fingerprint density at radius 1 is 1.39 bits per heavy atom.